The molecule has 2 aromatic rings. The van der Waals surface area contributed by atoms with Gasteiger partial charge in [0.05, 0.1) is 16.0 Å². The van der Waals surface area contributed by atoms with Gasteiger partial charge < -0.3 is 9.47 Å². The van der Waals surface area contributed by atoms with E-state index in [9.17, 15) is 26.3 Å². The predicted octanol–water partition coefficient (Wildman–Crippen LogP) is 5.87. The molecule has 0 aliphatic carbocycles. The fourth-order valence-electron chi connectivity index (χ4n) is 1.15. The van der Waals surface area contributed by atoms with Gasteiger partial charge in [0.1, 0.15) is 16.1 Å². The van der Waals surface area contributed by atoms with Crippen LogP contribution in [0.5, 0.6) is 11.5 Å². The minimum atomic E-state index is -4.70. The molecule has 0 aromatic carbocycles. The van der Waals surface area contributed by atoms with Crippen LogP contribution in [0.1, 0.15) is 0 Å². The largest absolute Gasteiger partial charge is 0.573 e. The first-order valence-corrected chi connectivity index (χ1v) is 7.63. The van der Waals surface area contributed by atoms with Gasteiger partial charge in [0.25, 0.3) is 0 Å². The Balaban J connectivity index is 0.000000251. The third-order valence-electron chi connectivity index (χ3n) is 1.95. The molecular formula is C12H5Cl2F6IN2O2. The Morgan fingerprint density at radius 1 is 0.840 bits per heavy atom. The van der Waals surface area contributed by atoms with Crippen molar-refractivity contribution < 1.29 is 35.8 Å². The second-order valence-corrected chi connectivity index (χ2v) is 5.79. The molecule has 0 radical (unpaired) electrons. The van der Waals surface area contributed by atoms with E-state index in [-0.39, 0.29) is 25.4 Å². The van der Waals surface area contributed by atoms with Gasteiger partial charge >= 0.3 is 12.7 Å². The van der Waals surface area contributed by atoms with Gasteiger partial charge in [0.2, 0.25) is 0 Å². The minimum absolute atomic E-state index is 0.115. The molecule has 0 aliphatic heterocycles. The van der Waals surface area contributed by atoms with E-state index in [0.717, 1.165) is 18.5 Å². The monoisotopic (exact) mass is 520 g/mol. The molecule has 4 nitrogen and oxygen atoms in total. The number of hydrogen-bond donors (Lipinski definition) is 0. The van der Waals surface area contributed by atoms with Crippen LogP contribution in [0.4, 0.5) is 26.3 Å². The Kier molecular flexibility index (Phi) is 7.81. The molecule has 0 amide bonds. The highest BCUT2D eigenvalue weighted by Crippen LogP contribution is 2.28. The summed E-state index contributed by atoms with van der Waals surface area (Å²) in [5.41, 5.74) is 0. The van der Waals surface area contributed by atoms with E-state index in [1.54, 1.807) is 22.6 Å². The maximum absolute atomic E-state index is 11.7. The number of nitrogens with zero attached hydrogens (tertiary/aromatic N) is 2. The van der Waals surface area contributed by atoms with Crippen molar-refractivity contribution in [1.29, 1.82) is 0 Å². The minimum Gasteiger partial charge on any atom is -0.404 e. The molecule has 2 aromatic heterocycles. The summed E-state index contributed by atoms with van der Waals surface area (Å²) >= 11 is 12.4. The first-order valence-electron chi connectivity index (χ1n) is 5.80. The van der Waals surface area contributed by atoms with Crippen molar-refractivity contribution in [2.24, 2.45) is 0 Å². The van der Waals surface area contributed by atoms with Gasteiger partial charge in [-0.3, -0.25) is 0 Å². The Hall–Kier alpha value is -1.21. The molecule has 0 saturated carbocycles. The number of pyridine rings is 2. The van der Waals surface area contributed by atoms with Crippen molar-refractivity contribution in [2.75, 3.05) is 0 Å². The molecule has 2 heterocycles. The molecule has 13 heteroatoms. The fraction of sp³-hybridized carbons (Fsp3) is 0.167. The topological polar surface area (TPSA) is 44.2 Å². The van der Waals surface area contributed by atoms with E-state index in [1.165, 1.54) is 12.1 Å². The lowest BCUT2D eigenvalue weighted by Gasteiger charge is -2.09. The number of alkyl halides is 6. The van der Waals surface area contributed by atoms with Crippen molar-refractivity contribution in [3.63, 3.8) is 0 Å². The lowest BCUT2D eigenvalue weighted by Crippen LogP contribution is -2.17. The van der Waals surface area contributed by atoms with Crippen LogP contribution < -0.4 is 9.47 Å². The van der Waals surface area contributed by atoms with Crippen LogP contribution in [-0.4, -0.2) is 22.7 Å². The maximum Gasteiger partial charge on any atom is 0.573 e. The summed E-state index contributed by atoms with van der Waals surface area (Å²) in [6.07, 6.45) is -7.56. The average molecular weight is 521 g/mol. The van der Waals surface area contributed by atoms with E-state index in [2.05, 4.69) is 19.4 Å². The van der Waals surface area contributed by atoms with Crippen molar-refractivity contribution in [2.45, 2.75) is 12.7 Å². The summed E-state index contributed by atoms with van der Waals surface area (Å²) in [4.78, 5) is 6.86. The molecule has 0 saturated heterocycles. The zero-order valence-electron chi connectivity index (χ0n) is 11.5. The molecule has 0 fully saturated rings. The van der Waals surface area contributed by atoms with Gasteiger partial charge in [-0.2, -0.15) is 0 Å². The first kappa shape index (κ1) is 21.8. The summed E-state index contributed by atoms with van der Waals surface area (Å²) in [5.74, 6) is -0.732. The number of aromatic nitrogens is 2. The quantitative estimate of drug-likeness (QED) is 0.282. The van der Waals surface area contributed by atoms with Crippen molar-refractivity contribution in [3.8, 4) is 11.5 Å². The van der Waals surface area contributed by atoms with Gasteiger partial charge in [0, 0.05) is 0 Å². The molecule has 0 N–H and O–H groups in total. The van der Waals surface area contributed by atoms with E-state index < -0.39 is 12.7 Å². The lowest BCUT2D eigenvalue weighted by molar-refractivity contribution is -0.275. The summed E-state index contributed by atoms with van der Waals surface area (Å²) in [6, 6.07) is 3.58. The smallest absolute Gasteiger partial charge is 0.404 e. The third kappa shape index (κ3) is 9.75. The number of halogens is 9. The van der Waals surface area contributed by atoms with Crippen LogP contribution in [-0.2, 0) is 0 Å². The molecule has 0 aliphatic rings. The van der Waals surface area contributed by atoms with Gasteiger partial charge in [-0.1, -0.05) is 23.2 Å². The summed E-state index contributed by atoms with van der Waals surface area (Å²) in [6.45, 7) is 0. The van der Waals surface area contributed by atoms with Crippen LogP contribution in [0.25, 0.3) is 0 Å². The first-order chi connectivity index (χ1) is 11.4. The van der Waals surface area contributed by atoms with Gasteiger partial charge in [-0.05, 0) is 40.8 Å². The molecular weight excluding hydrogens is 516 g/mol. The van der Waals surface area contributed by atoms with Gasteiger partial charge in [-0.15, -0.1) is 26.3 Å². The van der Waals surface area contributed by atoms with E-state index in [1.807, 2.05) is 0 Å². The van der Waals surface area contributed by atoms with Gasteiger partial charge in [-0.25, -0.2) is 9.97 Å². The highest BCUT2D eigenvalue weighted by Gasteiger charge is 2.32. The Morgan fingerprint density at radius 2 is 1.40 bits per heavy atom. The highest BCUT2D eigenvalue weighted by atomic mass is 127. The summed E-state index contributed by atoms with van der Waals surface area (Å²) in [5, 5.41) is 0.239. The van der Waals surface area contributed by atoms with Crippen LogP contribution in [0.2, 0.25) is 10.3 Å². The van der Waals surface area contributed by atoms with E-state index in [0.29, 0.717) is 0 Å². The predicted molar refractivity (Wildman–Crippen MR) is 84.6 cm³/mol. The van der Waals surface area contributed by atoms with E-state index in [4.69, 9.17) is 23.2 Å². The molecule has 0 atom stereocenters. The molecule has 2 rings (SSSR count). The number of hydrogen-bond acceptors (Lipinski definition) is 4. The Morgan fingerprint density at radius 3 is 1.84 bits per heavy atom. The summed E-state index contributed by atoms with van der Waals surface area (Å²) in [7, 11) is 0. The SMILES string of the molecule is FC(F)(F)Oc1ccc(Cl)nc1.FC(F)(F)Oc1cnc(Cl)cc1I. The Bertz CT molecular complexity index is 697. The van der Waals surface area contributed by atoms with E-state index >= 15 is 0 Å². The standard InChI is InChI=1S/C6H2ClF3INO.C6H3ClF3NO/c7-5-1-3(11)4(2-12-5)13-6(8,9)10;7-5-2-1-4(3-11-5)12-6(8,9)10/h1-2H;1-3H. The fourth-order valence-corrected chi connectivity index (χ4v) is 2.15. The number of rotatable bonds is 2. The Labute approximate surface area is 160 Å². The lowest BCUT2D eigenvalue weighted by atomic mass is 10.5. The zero-order chi connectivity index (χ0) is 19.3. The van der Waals surface area contributed by atoms with Crippen LogP contribution in [0.3, 0.4) is 0 Å². The highest BCUT2D eigenvalue weighted by molar-refractivity contribution is 14.1. The molecule has 0 spiro atoms. The summed E-state index contributed by atoms with van der Waals surface area (Å²) < 4.78 is 77.3. The molecule has 0 unspecified atom stereocenters. The maximum atomic E-state index is 11.7. The van der Waals surface area contributed by atoms with Crippen LogP contribution >= 0.6 is 45.8 Å². The van der Waals surface area contributed by atoms with Crippen molar-refractivity contribution in [3.05, 3.63) is 44.5 Å². The average Bonchev–Trinajstić information content (AvgIpc) is 2.43. The molecule has 0 bridgehead atoms. The second-order valence-electron chi connectivity index (χ2n) is 3.85. The zero-order valence-corrected chi connectivity index (χ0v) is 15.2. The second kappa shape index (κ2) is 8.94. The molecule has 25 heavy (non-hydrogen) atoms. The van der Waals surface area contributed by atoms with Crippen LogP contribution in [0.15, 0.2) is 30.6 Å². The van der Waals surface area contributed by atoms with Gasteiger partial charge in [0.15, 0.2) is 5.75 Å². The van der Waals surface area contributed by atoms with Crippen molar-refractivity contribution >= 4 is 45.8 Å². The van der Waals surface area contributed by atoms with Crippen molar-refractivity contribution in [1.82, 2.24) is 9.97 Å². The third-order valence-corrected chi connectivity index (χ3v) is 3.22. The normalized spacial score (nSPS) is 11.4. The molecule has 138 valence electrons. The number of ether oxygens (including phenoxy) is 2. The van der Waals surface area contributed by atoms with Crippen LogP contribution in [0, 0.1) is 3.57 Å².